The number of nitro groups is 1. The van der Waals surface area contributed by atoms with E-state index in [1.54, 1.807) is 12.6 Å². The van der Waals surface area contributed by atoms with Gasteiger partial charge in [0.15, 0.2) is 0 Å². The zero-order chi connectivity index (χ0) is 14.7. The second kappa shape index (κ2) is 5.66. The van der Waals surface area contributed by atoms with E-state index < -0.39 is 16.6 Å². The Bertz CT molecular complexity index is 642. The number of carbonyl (C=O) groups excluding carboxylic acids is 1. The molecule has 8 heteroatoms. The van der Waals surface area contributed by atoms with E-state index in [1.165, 1.54) is 28.4 Å². The molecule has 0 aliphatic rings. The Morgan fingerprint density at radius 1 is 1.55 bits per heavy atom. The maximum atomic E-state index is 12.1. The zero-order valence-corrected chi connectivity index (χ0v) is 11.3. The van der Waals surface area contributed by atoms with Crippen molar-refractivity contribution in [2.75, 3.05) is 7.05 Å². The molecule has 1 N–H and O–H groups in total. The fraction of sp³-hybridized carbons (Fsp3) is 0.167. The van der Waals surface area contributed by atoms with Crippen LogP contribution in [0.3, 0.4) is 0 Å². The molecular weight excluding hydrogens is 282 g/mol. The molecule has 0 fully saturated rings. The molecule has 104 valence electrons. The summed E-state index contributed by atoms with van der Waals surface area (Å²) >= 11 is 1.42. The Morgan fingerprint density at radius 3 is 2.85 bits per heavy atom. The number of hydrogen-bond donors (Lipinski definition) is 1. The molecule has 2 aromatic rings. The number of amides is 1. The number of aromatic nitrogens is 1. The number of rotatable bonds is 4. The summed E-state index contributed by atoms with van der Waals surface area (Å²) in [6.07, 6.45) is 0. The molecule has 7 nitrogen and oxygen atoms in total. The number of non-ortho nitro benzene ring substituents is 1. The number of nitro benzene ring substituents is 1. The molecule has 0 atom stereocenters. The number of thiazole rings is 1. The molecule has 0 bridgehead atoms. The molecule has 0 unspecified atom stereocenters. The minimum absolute atomic E-state index is 0.0216. The zero-order valence-electron chi connectivity index (χ0n) is 10.5. The van der Waals surface area contributed by atoms with E-state index in [1.807, 2.05) is 5.38 Å². The number of hydrogen-bond acceptors (Lipinski definition) is 6. The van der Waals surface area contributed by atoms with E-state index in [0.29, 0.717) is 6.54 Å². The first-order chi connectivity index (χ1) is 9.49. The van der Waals surface area contributed by atoms with E-state index in [4.69, 9.17) is 0 Å². The second-order valence-corrected chi connectivity index (χ2v) is 4.82. The summed E-state index contributed by atoms with van der Waals surface area (Å²) in [5.74, 6) is -0.834. The van der Waals surface area contributed by atoms with Crippen LogP contribution in [-0.4, -0.2) is 32.9 Å². The molecule has 0 spiro atoms. The molecule has 0 saturated carbocycles. The molecule has 0 aliphatic heterocycles. The Kier molecular flexibility index (Phi) is 3.94. The van der Waals surface area contributed by atoms with Crippen LogP contribution < -0.4 is 0 Å². The number of benzene rings is 1. The van der Waals surface area contributed by atoms with Gasteiger partial charge in [0.2, 0.25) is 0 Å². The van der Waals surface area contributed by atoms with E-state index in [2.05, 4.69) is 4.98 Å². The molecule has 20 heavy (non-hydrogen) atoms. The van der Waals surface area contributed by atoms with E-state index in [-0.39, 0.29) is 11.3 Å². The highest BCUT2D eigenvalue weighted by atomic mass is 32.1. The molecule has 0 radical (unpaired) electrons. The van der Waals surface area contributed by atoms with Crippen LogP contribution in [0.1, 0.15) is 16.1 Å². The predicted molar refractivity (Wildman–Crippen MR) is 72.7 cm³/mol. The van der Waals surface area contributed by atoms with Crippen molar-refractivity contribution >= 4 is 22.9 Å². The topological polar surface area (TPSA) is 96.6 Å². The van der Waals surface area contributed by atoms with Crippen molar-refractivity contribution in [3.63, 3.8) is 0 Å². The fourth-order valence-corrected chi connectivity index (χ4v) is 2.20. The third-order valence-corrected chi connectivity index (χ3v) is 3.29. The first-order valence-corrected chi connectivity index (χ1v) is 6.53. The van der Waals surface area contributed by atoms with Crippen molar-refractivity contribution in [1.29, 1.82) is 0 Å². The van der Waals surface area contributed by atoms with Crippen LogP contribution >= 0.6 is 11.3 Å². The molecule has 2 rings (SSSR count). The molecule has 1 aromatic heterocycles. The summed E-state index contributed by atoms with van der Waals surface area (Å²) in [4.78, 5) is 27.5. The van der Waals surface area contributed by atoms with Gasteiger partial charge in [-0.3, -0.25) is 14.9 Å². The van der Waals surface area contributed by atoms with Crippen molar-refractivity contribution in [3.8, 4) is 5.75 Å². The monoisotopic (exact) mass is 293 g/mol. The summed E-state index contributed by atoms with van der Waals surface area (Å²) in [5, 5.41) is 22.1. The van der Waals surface area contributed by atoms with Crippen molar-refractivity contribution in [2.45, 2.75) is 6.54 Å². The Morgan fingerprint density at radius 2 is 2.30 bits per heavy atom. The highest BCUT2D eigenvalue weighted by Gasteiger charge is 2.19. The van der Waals surface area contributed by atoms with Crippen LogP contribution in [0, 0.1) is 10.1 Å². The third kappa shape index (κ3) is 2.91. The second-order valence-electron chi connectivity index (χ2n) is 4.10. The molecule has 1 aromatic carbocycles. The largest absolute Gasteiger partial charge is 0.507 e. The van der Waals surface area contributed by atoms with E-state index in [9.17, 15) is 20.0 Å². The molecule has 1 amide bonds. The normalized spacial score (nSPS) is 10.2. The van der Waals surface area contributed by atoms with Crippen LogP contribution in [0.5, 0.6) is 5.75 Å². The van der Waals surface area contributed by atoms with Crippen LogP contribution in [0.25, 0.3) is 0 Å². The van der Waals surface area contributed by atoms with Crippen molar-refractivity contribution in [2.24, 2.45) is 0 Å². The van der Waals surface area contributed by atoms with Crippen molar-refractivity contribution in [1.82, 2.24) is 9.88 Å². The van der Waals surface area contributed by atoms with Gasteiger partial charge >= 0.3 is 0 Å². The summed E-state index contributed by atoms with van der Waals surface area (Å²) in [6, 6.07) is 3.39. The van der Waals surface area contributed by atoms with E-state index in [0.717, 1.165) is 11.8 Å². The van der Waals surface area contributed by atoms with Crippen LogP contribution in [-0.2, 0) is 6.54 Å². The summed E-state index contributed by atoms with van der Waals surface area (Å²) in [7, 11) is 1.57. The summed E-state index contributed by atoms with van der Waals surface area (Å²) in [6.45, 7) is 0.304. The molecule has 1 heterocycles. The van der Waals surface area contributed by atoms with Crippen LogP contribution in [0.2, 0.25) is 0 Å². The lowest BCUT2D eigenvalue weighted by molar-refractivity contribution is -0.384. The molecular formula is C12H11N3O4S. The van der Waals surface area contributed by atoms with Crippen LogP contribution in [0.15, 0.2) is 29.1 Å². The van der Waals surface area contributed by atoms with Gasteiger partial charge in [-0.05, 0) is 6.07 Å². The first kappa shape index (κ1) is 13.9. The molecule has 0 saturated heterocycles. The van der Waals surface area contributed by atoms with Gasteiger partial charge in [-0.25, -0.2) is 4.98 Å². The van der Waals surface area contributed by atoms with E-state index >= 15 is 0 Å². The average Bonchev–Trinajstić information content (AvgIpc) is 2.90. The van der Waals surface area contributed by atoms with Gasteiger partial charge in [0.05, 0.1) is 34.3 Å². The first-order valence-electron chi connectivity index (χ1n) is 5.59. The van der Waals surface area contributed by atoms with Gasteiger partial charge in [-0.2, -0.15) is 0 Å². The Balaban J connectivity index is 2.18. The number of nitrogens with zero attached hydrogens (tertiary/aromatic N) is 3. The quantitative estimate of drug-likeness (QED) is 0.687. The van der Waals surface area contributed by atoms with Gasteiger partial charge in [-0.1, -0.05) is 0 Å². The SMILES string of the molecule is CN(Cc1cscn1)C(=O)c1ccc([N+](=O)[O-])cc1O. The standard InChI is InChI=1S/C12H11N3O4S/c1-14(5-8-6-20-7-13-8)12(17)10-3-2-9(15(18)19)4-11(10)16/h2-4,6-7,16H,5H2,1H3. The van der Waals surface area contributed by atoms with Gasteiger partial charge in [0, 0.05) is 18.5 Å². The minimum atomic E-state index is -0.632. The lowest BCUT2D eigenvalue weighted by atomic mass is 10.1. The number of phenols is 1. The number of phenolic OH excluding ortho intramolecular Hbond substituents is 1. The number of carbonyl (C=O) groups is 1. The number of aromatic hydroxyl groups is 1. The lowest BCUT2D eigenvalue weighted by Crippen LogP contribution is -2.26. The van der Waals surface area contributed by atoms with Gasteiger partial charge in [0.1, 0.15) is 5.75 Å². The Labute approximate surface area is 118 Å². The Hall–Kier alpha value is -2.48. The predicted octanol–water partition coefficient (Wildman–Crippen LogP) is 2.03. The van der Waals surface area contributed by atoms with Crippen LogP contribution in [0.4, 0.5) is 5.69 Å². The maximum absolute atomic E-state index is 12.1. The minimum Gasteiger partial charge on any atom is -0.507 e. The summed E-state index contributed by atoms with van der Waals surface area (Å²) < 4.78 is 0. The average molecular weight is 293 g/mol. The van der Waals surface area contributed by atoms with Gasteiger partial charge in [0.25, 0.3) is 11.6 Å². The van der Waals surface area contributed by atoms with Gasteiger partial charge in [-0.15, -0.1) is 11.3 Å². The van der Waals surface area contributed by atoms with Crippen molar-refractivity contribution < 1.29 is 14.8 Å². The fourth-order valence-electron chi connectivity index (χ4n) is 1.65. The smallest absolute Gasteiger partial charge is 0.273 e. The molecule has 0 aliphatic carbocycles. The van der Waals surface area contributed by atoms with Gasteiger partial charge < -0.3 is 10.0 Å². The third-order valence-electron chi connectivity index (χ3n) is 2.65. The maximum Gasteiger partial charge on any atom is 0.273 e. The van der Waals surface area contributed by atoms with Crippen molar-refractivity contribution in [3.05, 3.63) is 50.5 Å². The highest BCUT2D eigenvalue weighted by molar-refractivity contribution is 7.07. The lowest BCUT2D eigenvalue weighted by Gasteiger charge is -2.16. The summed E-state index contributed by atoms with van der Waals surface area (Å²) in [5.41, 5.74) is 2.17. The highest BCUT2D eigenvalue weighted by Crippen LogP contribution is 2.24.